The van der Waals surface area contributed by atoms with E-state index in [1.807, 2.05) is 0 Å². The fourth-order valence-electron chi connectivity index (χ4n) is 1.43. The smallest absolute Gasteiger partial charge is 0.269 e. The van der Waals surface area contributed by atoms with Crippen molar-refractivity contribution in [1.82, 2.24) is 5.43 Å². The van der Waals surface area contributed by atoms with Gasteiger partial charge < -0.3 is 0 Å². The fraction of sp³-hybridized carbons (Fsp3) is 0.222. The molecule has 1 aromatic carbocycles. The quantitative estimate of drug-likeness (QED) is 0.575. The predicted molar refractivity (Wildman–Crippen MR) is 53.2 cm³/mol. The number of carbonyl (C=O) groups excluding carboxylic acids is 1. The molecule has 15 heavy (non-hydrogen) atoms. The molecule has 1 aliphatic rings. The molecule has 0 atom stereocenters. The van der Waals surface area contributed by atoms with Crippen LogP contribution in [0, 0.1) is 10.1 Å². The predicted octanol–water partition coefficient (Wildman–Crippen LogP) is 0.836. The van der Waals surface area contributed by atoms with Crippen LogP contribution < -0.4 is 10.4 Å². The van der Waals surface area contributed by atoms with Crippen LogP contribution in [0.3, 0.4) is 0 Å². The van der Waals surface area contributed by atoms with Gasteiger partial charge >= 0.3 is 0 Å². The van der Waals surface area contributed by atoms with E-state index in [4.69, 9.17) is 0 Å². The minimum absolute atomic E-state index is 0.0189. The molecule has 6 nitrogen and oxygen atoms in total. The molecule has 1 heterocycles. The molecule has 0 radical (unpaired) electrons. The molecule has 78 valence electrons. The number of benzene rings is 1. The lowest BCUT2D eigenvalue weighted by Crippen LogP contribution is -2.33. The van der Waals surface area contributed by atoms with E-state index in [0.29, 0.717) is 18.7 Å². The summed E-state index contributed by atoms with van der Waals surface area (Å²) in [6.07, 6.45) is 0.455. The summed E-state index contributed by atoms with van der Waals surface area (Å²) < 4.78 is 0. The summed E-state index contributed by atoms with van der Waals surface area (Å²) in [5, 5.41) is 11.8. The molecule has 1 saturated heterocycles. The summed E-state index contributed by atoms with van der Waals surface area (Å²) in [6, 6.07) is 5.86. The van der Waals surface area contributed by atoms with Gasteiger partial charge in [0.05, 0.1) is 10.6 Å². The summed E-state index contributed by atoms with van der Waals surface area (Å²) in [5.74, 6) is -0.0242. The lowest BCUT2D eigenvalue weighted by atomic mass is 10.3. The number of nitro benzene ring substituents is 1. The molecular weight excluding hydrogens is 198 g/mol. The monoisotopic (exact) mass is 207 g/mol. The minimum atomic E-state index is -0.469. The van der Waals surface area contributed by atoms with Gasteiger partial charge in [-0.3, -0.25) is 14.9 Å². The van der Waals surface area contributed by atoms with Crippen molar-refractivity contribution in [3.63, 3.8) is 0 Å². The highest BCUT2D eigenvalue weighted by molar-refractivity contribution is 5.94. The van der Waals surface area contributed by atoms with Crippen molar-refractivity contribution in [2.45, 2.75) is 6.42 Å². The minimum Gasteiger partial charge on any atom is -0.273 e. The standard InChI is InChI=1S/C9H9N3O3/c13-9-5-6-10-11(9)7-1-3-8(4-2-7)12(14)15/h1-4,10H,5-6H2. The number of nitro groups is 1. The number of anilines is 1. The normalized spacial score (nSPS) is 15.7. The van der Waals surface area contributed by atoms with Gasteiger partial charge in [0, 0.05) is 25.1 Å². The first-order valence-corrected chi connectivity index (χ1v) is 4.49. The molecule has 0 bridgehead atoms. The van der Waals surface area contributed by atoms with Crippen LogP contribution in [0.5, 0.6) is 0 Å². The van der Waals surface area contributed by atoms with Crippen LogP contribution in [-0.2, 0) is 4.79 Å². The number of amides is 1. The van der Waals surface area contributed by atoms with Crippen LogP contribution in [0.25, 0.3) is 0 Å². The van der Waals surface area contributed by atoms with Crippen LogP contribution in [0.1, 0.15) is 6.42 Å². The first kappa shape index (κ1) is 9.60. The maximum absolute atomic E-state index is 11.3. The summed E-state index contributed by atoms with van der Waals surface area (Å²) in [4.78, 5) is 21.3. The topological polar surface area (TPSA) is 75.5 Å². The van der Waals surface area contributed by atoms with E-state index in [1.54, 1.807) is 12.1 Å². The zero-order valence-corrected chi connectivity index (χ0v) is 7.84. The Morgan fingerprint density at radius 3 is 2.47 bits per heavy atom. The molecule has 6 heteroatoms. The third kappa shape index (κ3) is 1.79. The van der Waals surface area contributed by atoms with Gasteiger partial charge in [-0.15, -0.1) is 0 Å². The van der Waals surface area contributed by atoms with Crippen molar-refractivity contribution in [1.29, 1.82) is 0 Å². The van der Waals surface area contributed by atoms with Crippen molar-refractivity contribution in [3.8, 4) is 0 Å². The van der Waals surface area contributed by atoms with E-state index in [9.17, 15) is 14.9 Å². The summed E-state index contributed by atoms with van der Waals surface area (Å²) in [5.41, 5.74) is 3.53. The Morgan fingerprint density at radius 2 is 2.00 bits per heavy atom. The Bertz CT molecular complexity index is 402. The van der Waals surface area contributed by atoms with Crippen molar-refractivity contribution >= 4 is 17.3 Å². The van der Waals surface area contributed by atoms with Gasteiger partial charge in [0.25, 0.3) is 5.69 Å². The lowest BCUT2D eigenvalue weighted by molar-refractivity contribution is -0.384. The fourth-order valence-corrected chi connectivity index (χ4v) is 1.43. The van der Waals surface area contributed by atoms with Gasteiger partial charge in [-0.1, -0.05) is 0 Å². The van der Waals surface area contributed by atoms with E-state index in [-0.39, 0.29) is 11.6 Å². The summed E-state index contributed by atoms with van der Waals surface area (Å²) >= 11 is 0. The number of carbonyl (C=O) groups is 1. The Balaban J connectivity index is 2.23. The Labute approximate surface area is 85.6 Å². The zero-order valence-electron chi connectivity index (χ0n) is 7.84. The van der Waals surface area contributed by atoms with E-state index >= 15 is 0 Å². The Morgan fingerprint density at radius 1 is 1.33 bits per heavy atom. The lowest BCUT2D eigenvalue weighted by Gasteiger charge is -2.14. The van der Waals surface area contributed by atoms with Gasteiger partial charge in [-0.05, 0) is 12.1 Å². The number of non-ortho nitro benzene ring substituents is 1. The molecule has 1 N–H and O–H groups in total. The molecule has 0 saturated carbocycles. The first-order chi connectivity index (χ1) is 7.18. The number of hydrazine groups is 1. The van der Waals surface area contributed by atoms with E-state index < -0.39 is 4.92 Å². The van der Waals surface area contributed by atoms with Crippen LogP contribution in [0.15, 0.2) is 24.3 Å². The highest BCUT2D eigenvalue weighted by Crippen LogP contribution is 2.20. The van der Waals surface area contributed by atoms with Crippen molar-refractivity contribution < 1.29 is 9.72 Å². The van der Waals surface area contributed by atoms with Gasteiger partial charge in [0.2, 0.25) is 5.91 Å². The maximum Gasteiger partial charge on any atom is 0.269 e. The second-order valence-electron chi connectivity index (χ2n) is 3.16. The average Bonchev–Trinajstić information content (AvgIpc) is 2.65. The number of rotatable bonds is 2. The van der Waals surface area contributed by atoms with Crippen LogP contribution in [0.4, 0.5) is 11.4 Å². The molecule has 1 amide bonds. The van der Waals surface area contributed by atoms with E-state index in [0.717, 1.165) is 0 Å². The molecule has 1 aliphatic heterocycles. The molecule has 0 spiro atoms. The SMILES string of the molecule is O=C1CCNN1c1ccc([N+](=O)[O-])cc1. The molecule has 1 fully saturated rings. The Kier molecular flexibility index (Phi) is 2.34. The van der Waals surface area contributed by atoms with Crippen LogP contribution in [-0.4, -0.2) is 17.4 Å². The van der Waals surface area contributed by atoms with Gasteiger partial charge in [0.15, 0.2) is 0 Å². The highest BCUT2D eigenvalue weighted by Gasteiger charge is 2.21. The number of nitrogens with one attached hydrogen (secondary N) is 1. The van der Waals surface area contributed by atoms with Gasteiger partial charge in [0.1, 0.15) is 0 Å². The van der Waals surface area contributed by atoms with Crippen molar-refractivity contribution in [2.75, 3.05) is 11.6 Å². The summed E-state index contributed by atoms with van der Waals surface area (Å²) in [7, 11) is 0. The molecule has 0 aliphatic carbocycles. The van der Waals surface area contributed by atoms with E-state index in [1.165, 1.54) is 17.1 Å². The van der Waals surface area contributed by atoms with Crippen LogP contribution >= 0.6 is 0 Å². The Hall–Kier alpha value is -1.95. The molecule has 1 aromatic rings. The molecule has 2 rings (SSSR count). The van der Waals surface area contributed by atoms with Crippen molar-refractivity contribution in [2.24, 2.45) is 0 Å². The molecule has 0 aromatic heterocycles. The number of hydrogen-bond donors (Lipinski definition) is 1. The number of hydrogen-bond acceptors (Lipinski definition) is 4. The third-order valence-electron chi connectivity index (χ3n) is 2.18. The second-order valence-corrected chi connectivity index (χ2v) is 3.16. The zero-order chi connectivity index (χ0) is 10.8. The maximum atomic E-state index is 11.3. The largest absolute Gasteiger partial charge is 0.273 e. The third-order valence-corrected chi connectivity index (χ3v) is 2.18. The van der Waals surface area contributed by atoms with Crippen molar-refractivity contribution in [3.05, 3.63) is 34.4 Å². The van der Waals surface area contributed by atoms with Gasteiger partial charge in [-0.2, -0.15) is 0 Å². The van der Waals surface area contributed by atoms with Crippen LogP contribution in [0.2, 0.25) is 0 Å². The molecular formula is C9H9N3O3. The van der Waals surface area contributed by atoms with Gasteiger partial charge in [-0.25, -0.2) is 10.4 Å². The number of nitrogens with zero attached hydrogens (tertiary/aromatic N) is 2. The second kappa shape index (κ2) is 3.66. The van der Waals surface area contributed by atoms with E-state index in [2.05, 4.69) is 5.43 Å². The molecule has 0 unspecified atom stereocenters. The first-order valence-electron chi connectivity index (χ1n) is 4.49. The highest BCUT2D eigenvalue weighted by atomic mass is 16.6. The average molecular weight is 207 g/mol. The summed E-state index contributed by atoms with van der Waals surface area (Å²) in [6.45, 7) is 0.607.